The molecule has 0 aliphatic heterocycles. The largest absolute Gasteiger partial charge is 0.393 e. The Morgan fingerprint density at radius 2 is 1.95 bits per heavy atom. The molecule has 104 valence electrons. The van der Waals surface area contributed by atoms with E-state index in [0.29, 0.717) is 11.3 Å². The van der Waals surface area contributed by atoms with Gasteiger partial charge in [0.25, 0.3) is 0 Å². The van der Waals surface area contributed by atoms with E-state index in [0.717, 1.165) is 12.0 Å². The molecule has 1 saturated carbocycles. The zero-order valence-electron chi connectivity index (χ0n) is 11.1. The van der Waals surface area contributed by atoms with Gasteiger partial charge in [-0.1, -0.05) is 23.8 Å². The second-order valence-corrected chi connectivity index (χ2v) is 7.34. The molecular weight excluding hydrogens is 260 g/mol. The molecule has 3 atom stereocenters. The fraction of sp³-hybridized carbons (Fsp3) is 0.467. The topological polar surface area (TPSA) is 54.4 Å². The van der Waals surface area contributed by atoms with Gasteiger partial charge >= 0.3 is 0 Å². The molecule has 0 amide bonds. The monoisotopic (exact) mass is 280 g/mol. The van der Waals surface area contributed by atoms with E-state index in [-0.39, 0.29) is 17.6 Å². The Balaban J connectivity index is 2.21. The first-order chi connectivity index (χ1) is 8.94. The molecular formula is C15H20O3S. The van der Waals surface area contributed by atoms with Crippen LogP contribution in [0.2, 0.25) is 0 Å². The van der Waals surface area contributed by atoms with Gasteiger partial charge in [0.1, 0.15) is 0 Å². The van der Waals surface area contributed by atoms with E-state index in [9.17, 15) is 13.5 Å². The lowest BCUT2D eigenvalue weighted by Gasteiger charge is -2.19. The molecule has 1 aliphatic carbocycles. The first kappa shape index (κ1) is 14.3. The smallest absolute Gasteiger partial charge is 0.178 e. The standard InChI is InChI=1S/C15H20O3S/c1-3-12-6-9-15(16)14(12)10-19(17,18)13-7-4-11(2)5-8-13/h3-5,7-8,12,14-16H,1,6,9-10H2,2H3/t12-,14-,15-/m1/s1. The average molecular weight is 280 g/mol. The minimum atomic E-state index is -3.34. The van der Waals surface area contributed by atoms with E-state index in [2.05, 4.69) is 6.58 Å². The molecule has 0 radical (unpaired) electrons. The lowest BCUT2D eigenvalue weighted by Crippen LogP contribution is -2.27. The normalized spacial score (nSPS) is 27.4. The van der Waals surface area contributed by atoms with Crippen LogP contribution < -0.4 is 0 Å². The highest BCUT2D eigenvalue weighted by Crippen LogP contribution is 2.35. The SMILES string of the molecule is C=C[C@@H]1CC[C@@H](O)[C@@H]1CS(=O)(=O)c1ccc(C)cc1. The summed E-state index contributed by atoms with van der Waals surface area (Å²) in [5.41, 5.74) is 1.03. The summed E-state index contributed by atoms with van der Waals surface area (Å²) in [7, 11) is -3.34. The van der Waals surface area contributed by atoms with Crippen molar-refractivity contribution in [3.8, 4) is 0 Å². The molecule has 19 heavy (non-hydrogen) atoms. The molecule has 2 rings (SSSR count). The molecule has 1 aromatic carbocycles. The van der Waals surface area contributed by atoms with E-state index in [1.54, 1.807) is 30.3 Å². The van der Waals surface area contributed by atoms with Crippen molar-refractivity contribution in [3.63, 3.8) is 0 Å². The van der Waals surface area contributed by atoms with Gasteiger partial charge in [-0.25, -0.2) is 8.42 Å². The predicted octanol–water partition coefficient (Wildman–Crippen LogP) is 2.34. The van der Waals surface area contributed by atoms with E-state index < -0.39 is 15.9 Å². The van der Waals surface area contributed by atoms with Gasteiger partial charge < -0.3 is 5.11 Å². The molecule has 1 fully saturated rings. The van der Waals surface area contributed by atoms with Crippen LogP contribution in [0, 0.1) is 18.8 Å². The summed E-state index contributed by atoms with van der Waals surface area (Å²) >= 11 is 0. The highest BCUT2D eigenvalue weighted by molar-refractivity contribution is 7.91. The van der Waals surface area contributed by atoms with E-state index in [4.69, 9.17) is 0 Å². The number of hydrogen-bond donors (Lipinski definition) is 1. The predicted molar refractivity (Wildman–Crippen MR) is 75.6 cm³/mol. The quantitative estimate of drug-likeness (QED) is 0.861. The van der Waals surface area contributed by atoms with Gasteiger partial charge in [0.2, 0.25) is 0 Å². The van der Waals surface area contributed by atoms with Crippen molar-refractivity contribution in [1.29, 1.82) is 0 Å². The summed E-state index contributed by atoms with van der Waals surface area (Å²) in [6, 6.07) is 6.86. The Morgan fingerprint density at radius 1 is 1.32 bits per heavy atom. The Bertz CT molecular complexity index is 545. The maximum atomic E-state index is 12.4. The Morgan fingerprint density at radius 3 is 2.53 bits per heavy atom. The highest BCUT2D eigenvalue weighted by atomic mass is 32.2. The molecule has 0 heterocycles. The summed E-state index contributed by atoms with van der Waals surface area (Å²) < 4.78 is 24.7. The van der Waals surface area contributed by atoms with Crippen LogP contribution in [0.15, 0.2) is 41.8 Å². The Hall–Kier alpha value is -1.13. The van der Waals surface area contributed by atoms with Gasteiger partial charge in [0.15, 0.2) is 9.84 Å². The third-order valence-electron chi connectivity index (χ3n) is 3.93. The minimum Gasteiger partial charge on any atom is -0.393 e. The summed E-state index contributed by atoms with van der Waals surface area (Å²) in [6.45, 7) is 5.66. The Kier molecular flexibility index (Phi) is 4.11. The zero-order chi connectivity index (χ0) is 14.0. The van der Waals surface area contributed by atoms with Crippen molar-refractivity contribution in [2.75, 3.05) is 5.75 Å². The van der Waals surface area contributed by atoms with E-state index >= 15 is 0 Å². The van der Waals surface area contributed by atoms with Gasteiger partial charge in [-0.05, 0) is 37.8 Å². The molecule has 1 aromatic rings. The van der Waals surface area contributed by atoms with Crippen LogP contribution in [-0.2, 0) is 9.84 Å². The van der Waals surface area contributed by atoms with Crippen molar-refractivity contribution in [2.24, 2.45) is 11.8 Å². The molecule has 0 aromatic heterocycles. The van der Waals surface area contributed by atoms with Crippen molar-refractivity contribution in [1.82, 2.24) is 0 Å². The molecule has 1 aliphatic rings. The summed E-state index contributed by atoms with van der Waals surface area (Å²) in [5, 5.41) is 9.93. The second kappa shape index (κ2) is 5.47. The third-order valence-corrected chi connectivity index (χ3v) is 5.75. The second-order valence-electron chi connectivity index (χ2n) is 5.30. The number of rotatable bonds is 4. The van der Waals surface area contributed by atoms with Crippen molar-refractivity contribution in [2.45, 2.75) is 30.8 Å². The van der Waals surface area contributed by atoms with Crippen LogP contribution in [0.3, 0.4) is 0 Å². The number of aryl methyl sites for hydroxylation is 1. The van der Waals surface area contributed by atoms with Crippen molar-refractivity contribution < 1.29 is 13.5 Å². The molecule has 0 unspecified atom stereocenters. The van der Waals surface area contributed by atoms with E-state index in [1.165, 1.54) is 0 Å². The number of allylic oxidation sites excluding steroid dienone is 1. The minimum absolute atomic E-state index is 0.00604. The number of benzene rings is 1. The van der Waals surface area contributed by atoms with Crippen molar-refractivity contribution in [3.05, 3.63) is 42.5 Å². The lowest BCUT2D eigenvalue weighted by molar-refractivity contribution is 0.135. The van der Waals surface area contributed by atoms with E-state index in [1.807, 2.05) is 6.92 Å². The van der Waals surface area contributed by atoms with Crippen LogP contribution in [-0.4, -0.2) is 25.4 Å². The maximum Gasteiger partial charge on any atom is 0.178 e. The fourth-order valence-corrected chi connectivity index (χ4v) is 4.42. The maximum absolute atomic E-state index is 12.4. The molecule has 4 heteroatoms. The zero-order valence-corrected chi connectivity index (χ0v) is 11.9. The molecule has 1 N–H and O–H groups in total. The summed E-state index contributed by atoms with van der Waals surface area (Å²) in [6.07, 6.45) is 2.71. The number of hydrogen-bond acceptors (Lipinski definition) is 3. The first-order valence-corrected chi connectivity index (χ1v) is 8.19. The summed E-state index contributed by atoms with van der Waals surface area (Å²) in [4.78, 5) is 0.333. The van der Waals surface area contributed by atoms with Gasteiger partial charge in [-0.3, -0.25) is 0 Å². The molecule has 0 saturated heterocycles. The van der Waals surface area contributed by atoms with Crippen LogP contribution in [0.5, 0.6) is 0 Å². The van der Waals surface area contributed by atoms with Crippen LogP contribution in [0.4, 0.5) is 0 Å². The molecule has 3 nitrogen and oxygen atoms in total. The highest BCUT2D eigenvalue weighted by Gasteiger charge is 2.36. The number of aliphatic hydroxyl groups excluding tert-OH is 1. The summed E-state index contributed by atoms with van der Waals surface area (Å²) in [5.74, 6) is -0.146. The molecule has 0 spiro atoms. The first-order valence-electron chi connectivity index (χ1n) is 6.54. The average Bonchev–Trinajstić information content (AvgIpc) is 2.70. The van der Waals surface area contributed by atoms with Crippen molar-refractivity contribution >= 4 is 9.84 Å². The Labute approximate surface area is 114 Å². The number of sulfone groups is 1. The van der Waals surface area contributed by atoms with Gasteiger partial charge in [0, 0.05) is 5.92 Å². The fourth-order valence-electron chi connectivity index (χ4n) is 2.70. The van der Waals surface area contributed by atoms with Crippen LogP contribution in [0.1, 0.15) is 18.4 Å². The van der Waals surface area contributed by atoms with Crippen LogP contribution >= 0.6 is 0 Å². The third kappa shape index (κ3) is 3.07. The van der Waals surface area contributed by atoms with Crippen LogP contribution in [0.25, 0.3) is 0 Å². The van der Waals surface area contributed by atoms with Gasteiger partial charge in [-0.2, -0.15) is 0 Å². The lowest BCUT2D eigenvalue weighted by atomic mass is 9.97. The number of aliphatic hydroxyl groups is 1. The molecule has 0 bridgehead atoms. The van der Waals surface area contributed by atoms with Gasteiger partial charge in [-0.15, -0.1) is 6.58 Å². The van der Waals surface area contributed by atoms with Gasteiger partial charge in [0.05, 0.1) is 16.8 Å².